The molecule has 1 N–H and O–H groups in total. The molecule has 1 aliphatic carbocycles. The lowest BCUT2D eigenvalue weighted by Gasteiger charge is -2.28. The first-order valence-electron chi connectivity index (χ1n) is 10.0. The summed E-state index contributed by atoms with van der Waals surface area (Å²) in [5.41, 5.74) is 0.992. The van der Waals surface area contributed by atoms with Crippen molar-refractivity contribution in [2.75, 3.05) is 23.4 Å². The number of carbonyl (C=O) groups excluding carboxylic acids is 2. The maximum absolute atomic E-state index is 12.9. The second-order valence-electron chi connectivity index (χ2n) is 7.69. The van der Waals surface area contributed by atoms with Crippen molar-refractivity contribution < 1.29 is 22.7 Å². The molecule has 0 unspecified atom stereocenters. The highest BCUT2D eigenvalue weighted by Crippen LogP contribution is 2.32. The van der Waals surface area contributed by atoms with Gasteiger partial charge in [0, 0.05) is 17.8 Å². The summed E-state index contributed by atoms with van der Waals surface area (Å²) in [7, 11) is -3.08. The van der Waals surface area contributed by atoms with Gasteiger partial charge in [0.2, 0.25) is 0 Å². The number of amides is 2. The van der Waals surface area contributed by atoms with Crippen LogP contribution in [-0.2, 0) is 14.6 Å². The number of anilines is 1. The highest BCUT2D eigenvalue weighted by atomic mass is 32.2. The Balaban J connectivity index is 1.43. The molecule has 2 aromatic carbocycles. The van der Waals surface area contributed by atoms with Crippen LogP contribution in [0.5, 0.6) is 5.75 Å². The molecule has 1 aliphatic heterocycles. The van der Waals surface area contributed by atoms with E-state index in [2.05, 4.69) is 5.32 Å². The number of hydrogen-bond acceptors (Lipinski definition) is 5. The Bertz CT molecular complexity index is 1030. The lowest BCUT2D eigenvalue weighted by molar-refractivity contribution is -0.135. The van der Waals surface area contributed by atoms with E-state index in [-0.39, 0.29) is 42.0 Å². The zero-order valence-corrected chi connectivity index (χ0v) is 17.3. The second-order valence-corrected chi connectivity index (χ2v) is 9.92. The summed E-state index contributed by atoms with van der Waals surface area (Å²) < 4.78 is 29.4. The normalized spacial score (nSPS) is 19.8. The zero-order chi connectivity index (χ0) is 21.1. The van der Waals surface area contributed by atoms with Gasteiger partial charge in [-0.3, -0.25) is 9.59 Å². The van der Waals surface area contributed by atoms with Crippen LogP contribution in [0.25, 0.3) is 0 Å². The summed E-state index contributed by atoms with van der Waals surface area (Å²) in [4.78, 5) is 27.2. The van der Waals surface area contributed by atoms with E-state index in [1.54, 1.807) is 41.3 Å². The van der Waals surface area contributed by atoms with E-state index in [0.29, 0.717) is 23.4 Å². The molecule has 30 heavy (non-hydrogen) atoms. The molecular formula is C22H24N2O5S. The second kappa shape index (κ2) is 8.47. The van der Waals surface area contributed by atoms with E-state index >= 15 is 0 Å². The van der Waals surface area contributed by atoms with E-state index < -0.39 is 9.84 Å². The summed E-state index contributed by atoms with van der Waals surface area (Å²) in [6.07, 6.45) is 2.25. The third-order valence-corrected chi connectivity index (χ3v) is 7.09. The largest absolute Gasteiger partial charge is 0.483 e. The predicted molar refractivity (Wildman–Crippen MR) is 113 cm³/mol. The number of para-hydroxylation sites is 2. The first kappa shape index (κ1) is 20.4. The standard InChI is InChI=1S/C22H24N2O5S/c25-21(24(17-10-11-17)18-12-13-30(27,28)15-18)14-29-20-9-5-4-8-19(20)22(26)23-16-6-2-1-3-7-16/h1-9,17-18H,10-15H2,(H,23,26)/t18-/m1/s1. The monoisotopic (exact) mass is 428 g/mol. The molecule has 1 heterocycles. The van der Waals surface area contributed by atoms with Crippen molar-refractivity contribution >= 4 is 27.3 Å². The van der Waals surface area contributed by atoms with Gasteiger partial charge in [-0.25, -0.2) is 8.42 Å². The Morgan fingerprint density at radius 1 is 0.967 bits per heavy atom. The van der Waals surface area contributed by atoms with Crippen molar-refractivity contribution in [2.45, 2.75) is 31.3 Å². The van der Waals surface area contributed by atoms with Gasteiger partial charge in [0.15, 0.2) is 16.4 Å². The van der Waals surface area contributed by atoms with Crippen LogP contribution in [0.2, 0.25) is 0 Å². The maximum Gasteiger partial charge on any atom is 0.261 e. The summed E-state index contributed by atoms with van der Waals surface area (Å²) in [5, 5.41) is 2.81. The highest BCUT2D eigenvalue weighted by Gasteiger charge is 2.42. The molecule has 1 saturated heterocycles. The van der Waals surface area contributed by atoms with E-state index in [1.807, 2.05) is 18.2 Å². The van der Waals surface area contributed by atoms with Gasteiger partial charge in [0.1, 0.15) is 5.75 Å². The Morgan fingerprint density at radius 3 is 2.33 bits per heavy atom. The zero-order valence-electron chi connectivity index (χ0n) is 16.5. The third-order valence-electron chi connectivity index (χ3n) is 5.34. The van der Waals surface area contributed by atoms with Crippen LogP contribution in [0.3, 0.4) is 0 Å². The smallest absolute Gasteiger partial charge is 0.261 e. The number of hydrogen-bond donors (Lipinski definition) is 1. The molecule has 2 fully saturated rings. The number of nitrogens with zero attached hydrogens (tertiary/aromatic N) is 1. The molecule has 0 aromatic heterocycles. The molecule has 0 spiro atoms. The lowest BCUT2D eigenvalue weighted by Crippen LogP contribution is -2.45. The van der Waals surface area contributed by atoms with Crippen molar-refractivity contribution in [2.24, 2.45) is 0 Å². The highest BCUT2D eigenvalue weighted by molar-refractivity contribution is 7.91. The van der Waals surface area contributed by atoms with Crippen LogP contribution < -0.4 is 10.1 Å². The van der Waals surface area contributed by atoms with Crippen LogP contribution >= 0.6 is 0 Å². The minimum atomic E-state index is -3.08. The quantitative estimate of drug-likeness (QED) is 0.731. The maximum atomic E-state index is 12.9. The molecule has 0 radical (unpaired) electrons. The van der Waals surface area contributed by atoms with Gasteiger partial charge in [0.25, 0.3) is 11.8 Å². The third kappa shape index (κ3) is 4.81. The minimum Gasteiger partial charge on any atom is -0.483 e. The van der Waals surface area contributed by atoms with Crippen molar-refractivity contribution in [3.8, 4) is 5.75 Å². The van der Waals surface area contributed by atoms with Crippen LogP contribution in [-0.4, -0.2) is 55.3 Å². The number of sulfone groups is 1. The Kier molecular flexibility index (Phi) is 5.76. The van der Waals surface area contributed by atoms with Gasteiger partial charge >= 0.3 is 0 Å². The first-order chi connectivity index (χ1) is 14.4. The summed E-state index contributed by atoms with van der Waals surface area (Å²) >= 11 is 0. The van der Waals surface area contributed by atoms with Gasteiger partial charge in [-0.1, -0.05) is 30.3 Å². The van der Waals surface area contributed by atoms with Crippen LogP contribution in [0.1, 0.15) is 29.6 Å². The fraction of sp³-hybridized carbons (Fsp3) is 0.364. The Morgan fingerprint density at radius 2 is 1.67 bits per heavy atom. The summed E-state index contributed by atoms with van der Waals surface area (Å²) in [6.45, 7) is -0.233. The number of carbonyl (C=O) groups is 2. The van der Waals surface area contributed by atoms with Crippen molar-refractivity contribution in [3.63, 3.8) is 0 Å². The van der Waals surface area contributed by atoms with Crippen molar-refractivity contribution in [1.29, 1.82) is 0 Å². The Labute approximate surface area is 175 Å². The Hall–Kier alpha value is -2.87. The SMILES string of the molecule is O=C(Nc1ccccc1)c1ccccc1OCC(=O)N(C1CC1)[C@@H]1CCS(=O)(=O)C1. The molecular weight excluding hydrogens is 404 g/mol. The van der Waals surface area contributed by atoms with E-state index in [4.69, 9.17) is 4.74 Å². The average molecular weight is 429 g/mol. The summed E-state index contributed by atoms with van der Waals surface area (Å²) in [5.74, 6) is -0.111. The lowest BCUT2D eigenvalue weighted by atomic mass is 10.2. The number of ether oxygens (including phenoxy) is 1. The predicted octanol–water partition coefficient (Wildman–Crippen LogP) is 2.50. The van der Waals surface area contributed by atoms with Crippen LogP contribution in [0.4, 0.5) is 5.69 Å². The van der Waals surface area contributed by atoms with E-state index in [0.717, 1.165) is 12.8 Å². The molecule has 4 rings (SSSR count). The van der Waals surface area contributed by atoms with Gasteiger partial charge in [-0.15, -0.1) is 0 Å². The summed E-state index contributed by atoms with van der Waals surface area (Å²) in [6, 6.07) is 15.6. The number of benzene rings is 2. The van der Waals surface area contributed by atoms with Gasteiger partial charge in [0.05, 0.1) is 17.1 Å². The minimum absolute atomic E-state index is 0.0192. The van der Waals surface area contributed by atoms with Gasteiger partial charge < -0.3 is 15.0 Å². The first-order valence-corrected chi connectivity index (χ1v) is 11.8. The van der Waals surface area contributed by atoms with Crippen LogP contribution in [0, 0.1) is 0 Å². The molecule has 2 amide bonds. The molecule has 2 aliphatic rings. The molecule has 1 saturated carbocycles. The van der Waals surface area contributed by atoms with E-state index in [9.17, 15) is 18.0 Å². The van der Waals surface area contributed by atoms with Crippen molar-refractivity contribution in [1.82, 2.24) is 4.90 Å². The molecule has 7 nitrogen and oxygen atoms in total. The molecule has 158 valence electrons. The van der Waals surface area contributed by atoms with Crippen molar-refractivity contribution in [3.05, 3.63) is 60.2 Å². The molecule has 1 atom stereocenters. The number of nitrogens with one attached hydrogen (secondary N) is 1. The van der Waals surface area contributed by atoms with E-state index in [1.165, 1.54) is 0 Å². The molecule has 0 bridgehead atoms. The molecule has 2 aromatic rings. The topological polar surface area (TPSA) is 92.8 Å². The fourth-order valence-corrected chi connectivity index (χ4v) is 5.48. The average Bonchev–Trinajstić information content (AvgIpc) is 3.50. The van der Waals surface area contributed by atoms with Gasteiger partial charge in [-0.05, 0) is 43.5 Å². The van der Waals surface area contributed by atoms with Gasteiger partial charge in [-0.2, -0.15) is 0 Å². The molecule has 8 heteroatoms. The number of rotatable bonds is 7. The fourth-order valence-electron chi connectivity index (χ4n) is 3.77. The van der Waals surface area contributed by atoms with Crippen LogP contribution in [0.15, 0.2) is 54.6 Å².